The lowest BCUT2D eigenvalue weighted by Gasteiger charge is -2.31. The van der Waals surface area contributed by atoms with Crippen LogP contribution in [0, 0.1) is 5.92 Å². The summed E-state index contributed by atoms with van der Waals surface area (Å²) >= 11 is 0. The summed E-state index contributed by atoms with van der Waals surface area (Å²) in [6.45, 7) is 5.99. The minimum atomic E-state index is -3.36. The highest BCUT2D eigenvalue weighted by Crippen LogP contribution is 2.60. The molecule has 1 saturated heterocycles. The Morgan fingerprint density at radius 3 is 2.51 bits per heavy atom. The lowest BCUT2D eigenvalue weighted by molar-refractivity contribution is -0.146. The van der Waals surface area contributed by atoms with Crippen LogP contribution in [0.15, 0.2) is 85.1 Å². The summed E-state index contributed by atoms with van der Waals surface area (Å²) in [6, 6.07) is 25.0. The number of carbonyl (C=O) groups is 2. The van der Waals surface area contributed by atoms with Crippen molar-refractivity contribution in [2.24, 2.45) is 5.92 Å². The molecule has 3 aliphatic heterocycles. The molecule has 1 N–H and O–H groups in total. The van der Waals surface area contributed by atoms with Crippen LogP contribution >= 0.6 is 0 Å². The Balaban J connectivity index is 1.10. The Hall–Kier alpha value is -4.91. The van der Waals surface area contributed by atoms with Crippen LogP contribution in [0.3, 0.4) is 0 Å². The number of hydrogen-bond acceptors (Lipinski definition) is 7. The summed E-state index contributed by atoms with van der Waals surface area (Å²) in [6.07, 6.45) is 2.09. The molecule has 5 aromatic rings. The summed E-state index contributed by atoms with van der Waals surface area (Å²) in [5, 5.41) is 19.6. The zero-order valence-electron chi connectivity index (χ0n) is 29.0. The molecule has 51 heavy (non-hydrogen) atoms. The highest BCUT2D eigenvalue weighted by atomic mass is 28.4. The number of aryl methyl sites for hydroxylation is 1. The van der Waals surface area contributed by atoms with Crippen LogP contribution in [-0.2, 0) is 34.6 Å². The van der Waals surface area contributed by atoms with Crippen LogP contribution in [0.5, 0.6) is 5.75 Å². The normalized spacial score (nSPS) is 22.5. The van der Waals surface area contributed by atoms with E-state index in [4.69, 9.17) is 9.47 Å². The standard InChI is InChI=1S/C39H40FN5O5Si/c1-24-36(51(3,4)40)34(17-19-43-23-27(18-20-46)41-42-43)50-39(24)31-21-29(49-2)15-16-32(31)44(38(39)48)22-25-11-13-28(14-12-25)45-33-10-6-8-26-7-5-9-30(35(26)33)37(45)47/h5-16,21,23-24,34,36,46H,17-20,22H2,1-4H3/t24-,34+,36-,39+/m1/s1. The largest absolute Gasteiger partial charge is 0.497 e. The van der Waals surface area contributed by atoms with E-state index >= 15 is 4.11 Å². The monoisotopic (exact) mass is 705 g/mol. The number of aromatic nitrogens is 3. The number of hydrogen-bond donors (Lipinski definition) is 1. The van der Waals surface area contributed by atoms with Gasteiger partial charge in [-0.25, -0.2) is 0 Å². The molecule has 0 radical (unpaired) electrons. The Bertz CT molecular complexity index is 2160. The van der Waals surface area contributed by atoms with E-state index in [0.717, 1.165) is 27.7 Å². The van der Waals surface area contributed by atoms with Gasteiger partial charge in [-0.15, -0.1) is 5.10 Å². The van der Waals surface area contributed by atoms with Crippen molar-refractivity contribution in [1.82, 2.24) is 15.0 Å². The average molecular weight is 706 g/mol. The van der Waals surface area contributed by atoms with Crippen LogP contribution in [0.1, 0.15) is 40.5 Å². The maximum absolute atomic E-state index is 16.3. The van der Waals surface area contributed by atoms with E-state index in [1.165, 1.54) is 0 Å². The fourth-order valence-corrected chi connectivity index (χ4v) is 11.2. The maximum Gasteiger partial charge on any atom is 0.264 e. The molecule has 4 aromatic carbocycles. The van der Waals surface area contributed by atoms with Crippen molar-refractivity contribution in [3.05, 3.63) is 107 Å². The molecular weight excluding hydrogens is 666 g/mol. The molecule has 1 fully saturated rings. The molecule has 1 spiro atoms. The van der Waals surface area contributed by atoms with Gasteiger partial charge >= 0.3 is 0 Å². The van der Waals surface area contributed by atoms with Crippen LogP contribution in [0.25, 0.3) is 10.8 Å². The molecule has 2 amide bonds. The zero-order valence-corrected chi connectivity index (χ0v) is 30.0. The molecule has 12 heteroatoms. The number of rotatable bonds is 10. The number of methoxy groups -OCH3 is 1. The van der Waals surface area contributed by atoms with Crippen LogP contribution < -0.4 is 14.5 Å². The van der Waals surface area contributed by atoms with E-state index in [9.17, 15) is 14.7 Å². The molecule has 4 atom stereocenters. The topological polar surface area (TPSA) is 110 Å². The molecule has 3 aliphatic rings. The third-order valence-electron chi connectivity index (χ3n) is 10.9. The highest BCUT2D eigenvalue weighted by Gasteiger charge is 2.66. The van der Waals surface area contributed by atoms with Gasteiger partial charge in [-0.05, 0) is 72.9 Å². The number of nitrogens with zero attached hydrogens (tertiary/aromatic N) is 5. The number of aliphatic hydroxyl groups is 1. The zero-order chi connectivity index (χ0) is 35.7. The fraction of sp³-hybridized carbons (Fsp3) is 0.333. The van der Waals surface area contributed by atoms with Crippen LogP contribution in [0.2, 0.25) is 18.6 Å². The minimum absolute atomic E-state index is 0.0242. The fourth-order valence-electron chi connectivity index (χ4n) is 8.62. The molecule has 4 heterocycles. The molecule has 1 aromatic heterocycles. The first-order chi connectivity index (χ1) is 24.5. The van der Waals surface area contributed by atoms with Gasteiger partial charge in [0.2, 0.25) is 8.41 Å². The van der Waals surface area contributed by atoms with Gasteiger partial charge < -0.3 is 23.6 Å². The number of halogens is 1. The molecule has 262 valence electrons. The number of fused-ring (bicyclic) bond motifs is 2. The smallest absolute Gasteiger partial charge is 0.264 e. The summed E-state index contributed by atoms with van der Waals surface area (Å²) in [5.74, 6) is -0.161. The SMILES string of the molecule is COc1ccc2c(c1)[C@]1(O[C@@H](CCn3cc(CCO)nn3)[C@H]([Si](C)(C)F)[C@H]1C)C(=O)N2Cc1ccc(N2C(=O)c3cccc4cccc2c34)cc1. The van der Waals surface area contributed by atoms with E-state index < -0.39 is 31.6 Å². The van der Waals surface area contributed by atoms with E-state index in [1.807, 2.05) is 85.8 Å². The third-order valence-corrected chi connectivity index (χ3v) is 13.3. The summed E-state index contributed by atoms with van der Waals surface area (Å²) in [4.78, 5) is 31.9. The lowest BCUT2D eigenvalue weighted by atomic mass is 9.82. The number of carbonyl (C=O) groups excluding carboxylic acids is 2. The van der Waals surface area contributed by atoms with Crippen molar-refractivity contribution in [1.29, 1.82) is 0 Å². The Morgan fingerprint density at radius 1 is 1.02 bits per heavy atom. The van der Waals surface area contributed by atoms with Gasteiger partial charge in [-0.3, -0.25) is 19.2 Å². The summed E-state index contributed by atoms with van der Waals surface area (Å²) in [7, 11) is -1.78. The van der Waals surface area contributed by atoms with Crippen molar-refractivity contribution in [3.8, 4) is 5.75 Å². The number of anilines is 3. The second kappa shape index (κ2) is 12.4. The number of ether oxygens (including phenoxy) is 2. The minimum Gasteiger partial charge on any atom is -0.497 e. The third kappa shape index (κ3) is 5.27. The second-order valence-electron chi connectivity index (χ2n) is 14.3. The molecule has 8 rings (SSSR count). The van der Waals surface area contributed by atoms with Crippen molar-refractivity contribution in [2.75, 3.05) is 23.5 Å². The van der Waals surface area contributed by atoms with Gasteiger partial charge in [0, 0.05) is 53.9 Å². The van der Waals surface area contributed by atoms with Crippen molar-refractivity contribution < 1.29 is 28.3 Å². The molecular formula is C39H40FN5O5Si. The summed E-state index contributed by atoms with van der Waals surface area (Å²) in [5.41, 5.74) is 3.35. The number of aliphatic hydroxyl groups excluding tert-OH is 1. The Kier molecular flexibility index (Phi) is 8.08. The first-order valence-corrected chi connectivity index (χ1v) is 20.3. The van der Waals surface area contributed by atoms with E-state index in [0.29, 0.717) is 47.6 Å². The maximum atomic E-state index is 16.3. The van der Waals surface area contributed by atoms with Gasteiger partial charge in [0.25, 0.3) is 11.8 Å². The second-order valence-corrected chi connectivity index (χ2v) is 18.1. The average Bonchev–Trinajstić information content (AvgIpc) is 3.84. The number of benzene rings is 4. The van der Waals surface area contributed by atoms with E-state index in [1.54, 1.807) is 40.9 Å². The van der Waals surface area contributed by atoms with E-state index in [-0.39, 0.29) is 25.0 Å². The first-order valence-electron chi connectivity index (χ1n) is 17.4. The van der Waals surface area contributed by atoms with Crippen molar-refractivity contribution >= 4 is 48.1 Å². The predicted octanol–water partition coefficient (Wildman–Crippen LogP) is 6.68. The van der Waals surface area contributed by atoms with Crippen molar-refractivity contribution in [2.45, 2.75) is 63.2 Å². The van der Waals surface area contributed by atoms with Crippen LogP contribution in [0.4, 0.5) is 21.2 Å². The lowest BCUT2D eigenvalue weighted by Crippen LogP contribution is -2.45. The molecule has 0 bridgehead atoms. The molecule has 0 unspecified atom stereocenters. The van der Waals surface area contributed by atoms with E-state index in [2.05, 4.69) is 10.3 Å². The van der Waals surface area contributed by atoms with Gasteiger partial charge in [0.05, 0.1) is 42.4 Å². The Labute approximate surface area is 296 Å². The van der Waals surface area contributed by atoms with Gasteiger partial charge in [0.15, 0.2) is 5.60 Å². The molecule has 0 aliphatic carbocycles. The number of amides is 2. The summed E-state index contributed by atoms with van der Waals surface area (Å²) < 4.78 is 30.5. The predicted molar refractivity (Wildman–Crippen MR) is 195 cm³/mol. The van der Waals surface area contributed by atoms with Gasteiger partial charge in [0.1, 0.15) is 5.75 Å². The molecule has 0 saturated carbocycles. The van der Waals surface area contributed by atoms with Gasteiger partial charge in [-0.1, -0.05) is 48.5 Å². The van der Waals surface area contributed by atoms with Crippen molar-refractivity contribution in [3.63, 3.8) is 0 Å². The van der Waals surface area contributed by atoms with Crippen LogP contribution in [-0.4, -0.2) is 60.1 Å². The molecule has 10 nitrogen and oxygen atoms in total. The highest BCUT2D eigenvalue weighted by molar-refractivity contribution is 6.72. The Morgan fingerprint density at radius 2 is 1.78 bits per heavy atom. The van der Waals surface area contributed by atoms with Gasteiger partial charge in [-0.2, -0.15) is 0 Å². The first kappa shape index (κ1) is 33.2. The quantitative estimate of drug-likeness (QED) is 0.128.